The summed E-state index contributed by atoms with van der Waals surface area (Å²) < 4.78 is 16.0. The van der Waals surface area contributed by atoms with Gasteiger partial charge in [0.1, 0.15) is 27.9 Å². The van der Waals surface area contributed by atoms with Gasteiger partial charge in [-0.25, -0.2) is 14.4 Å². The highest BCUT2D eigenvalue weighted by Gasteiger charge is 2.36. The lowest BCUT2D eigenvalue weighted by atomic mass is 9.94. The Kier molecular flexibility index (Phi) is 3.98. The molecule has 1 atom stereocenters. The molecule has 0 bridgehead atoms. The van der Waals surface area contributed by atoms with E-state index >= 15 is 0 Å². The van der Waals surface area contributed by atoms with E-state index in [1.165, 1.54) is 17.4 Å². The third-order valence-corrected chi connectivity index (χ3v) is 6.09. The van der Waals surface area contributed by atoms with Gasteiger partial charge in [0.05, 0.1) is 6.04 Å². The van der Waals surface area contributed by atoms with Gasteiger partial charge in [-0.2, -0.15) is 0 Å². The molecule has 5 nitrogen and oxygen atoms in total. The van der Waals surface area contributed by atoms with Crippen molar-refractivity contribution in [2.45, 2.75) is 12.5 Å². The average Bonchev–Trinajstić information content (AvgIpc) is 3.31. The molecule has 0 radical (unpaired) electrons. The third kappa shape index (κ3) is 2.62. The van der Waals surface area contributed by atoms with E-state index in [4.69, 9.17) is 4.98 Å². The summed E-state index contributed by atoms with van der Waals surface area (Å²) in [6.07, 6.45) is 2.52. The van der Waals surface area contributed by atoms with Crippen LogP contribution in [0.5, 0.6) is 0 Å². The summed E-state index contributed by atoms with van der Waals surface area (Å²) in [4.78, 5) is 23.9. The van der Waals surface area contributed by atoms with Crippen LogP contribution in [0.15, 0.2) is 54.0 Å². The number of carbonyl (C=O) groups excluding carboxylic acids is 1. The van der Waals surface area contributed by atoms with Gasteiger partial charge < -0.3 is 9.47 Å². The molecule has 3 aromatic heterocycles. The minimum absolute atomic E-state index is 0.101. The number of benzene rings is 1. The normalized spacial score (nSPS) is 16.4. The zero-order valence-electron chi connectivity index (χ0n) is 15.2. The molecule has 1 aliphatic heterocycles. The minimum Gasteiger partial charge on any atom is -0.330 e. The fourth-order valence-corrected chi connectivity index (χ4v) is 4.33. The van der Waals surface area contributed by atoms with E-state index in [0.29, 0.717) is 17.8 Å². The molecule has 1 aromatic carbocycles. The van der Waals surface area contributed by atoms with Gasteiger partial charge in [-0.1, -0.05) is 18.2 Å². The zero-order chi connectivity index (χ0) is 19.3. The van der Waals surface area contributed by atoms with Gasteiger partial charge in [0.2, 0.25) is 0 Å². The summed E-state index contributed by atoms with van der Waals surface area (Å²) in [7, 11) is 1.84. The van der Waals surface area contributed by atoms with E-state index in [2.05, 4.69) is 4.98 Å². The molecule has 1 fully saturated rings. The molecule has 0 saturated carbocycles. The van der Waals surface area contributed by atoms with Crippen molar-refractivity contribution in [1.82, 2.24) is 19.4 Å². The van der Waals surface area contributed by atoms with Crippen molar-refractivity contribution in [3.63, 3.8) is 0 Å². The van der Waals surface area contributed by atoms with Gasteiger partial charge in [0.15, 0.2) is 0 Å². The standard InChI is InChI=1S/C21H17FN4OS/c1-25-18(12-13-6-7-16(24-19(13)25)20-23-9-11-28-20)21(27)26-10-8-17(26)14-4-2-3-5-15(14)22/h2-7,9,11-12,17H,8,10H2,1H3/t17-/m1/s1. The number of halogens is 1. The Balaban J connectivity index is 1.50. The average molecular weight is 392 g/mol. The number of rotatable bonds is 3. The lowest BCUT2D eigenvalue weighted by Gasteiger charge is -2.41. The Morgan fingerprint density at radius 1 is 1.25 bits per heavy atom. The number of aryl methyl sites for hydroxylation is 1. The van der Waals surface area contributed by atoms with Crippen LogP contribution in [0.4, 0.5) is 4.39 Å². The topological polar surface area (TPSA) is 51.0 Å². The number of hydrogen-bond donors (Lipinski definition) is 0. The quantitative estimate of drug-likeness (QED) is 0.518. The highest BCUT2D eigenvalue weighted by Crippen LogP contribution is 2.36. The maximum Gasteiger partial charge on any atom is 0.271 e. The van der Waals surface area contributed by atoms with Crippen molar-refractivity contribution in [2.75, 3.05) is 6.54 Å². The largest absolute Gasteiger partial charge is 0.330 e. The lowest BCUT2D eigenvalue weighted by molar-refractivity contribution is 0.0443. The van der Waals surface area contributed by atoms with Crippen LogP contribution in [-0.4, -0.2) is 31.9 Å². The second-order valence-corrected chi connectivity index (χ2v) is 7.75. The van der Waals surface area contributed by atoms with Crippen molar-refractivity contribution in [1.29, 1.82) is 0 Å². The molecule has 140 valence electrons. The molecular formula is C21H17FN4OS. The molecular weight excluding hydrogens is 375 g/mol. The predicted molar refractivity (Wildman–Crippen MR) is 107 cm³/mol. The van der Waals surface area contributed by atoms with Crippen molar-refractivity contribution in [3.05, 3.63) is 71.1 Å². The third-order valence-electron chi connectivity index (χ3n) is 5.29. The van der Waals surface area contributed by atoms with Crippen LogP contribution < -0.4 is 0 Å². The molecule has 1 amide bonds. The SMILES string of the molecule is Cn1c(C(=O)N2CC[C@@H]2c2ccccc2F)cc2ccc(-c3nccs3)nc21. The number of likely N-dealkylation sites (tertiary alicyclic amines) is 1. The van der Waals surface area contributed by atoms with Gasteiger partial charge in [0, 0.05) is 36.1 Å². The first-order chi connectivity index (χ1) is 13.6. The van der Waals surface area contributed by atoms with E-state index in [-0.39, 0.29) is 17.8 Å². The molecule has 1 saturated heterocycles. The second kappa shape index (κ2) is 6.53. The van der Waals surface area contributed by atoms with E-state index < -0.39 is 0 Å². The number of hydrogen-bond acceptors (Lipinski definition) is 4. The van der Waals surface area contributed by atoms with Gasteiger partial charge in [-0.15, -0.1) is 11.3 Å². The second-order valence-electron chi connectivity index (χ2n) is 6.86. The highest BCUT2D eigenvalue weighted by atomic mass is 32.1. The van der Waals surface area contributed by atoms with Crippen molar-refractivity contribution >= 4 is 28.3 Å². The maximum atomic E-state index is 14.2. The molecule has 0 aliphatic carbocycles. The van der Waals surface area contributed by atoms with Crippen LogP contribution >= 0.6 is 11.3 Å². The molecule has 4 heterocycles. The Labute approximate surface area is 165 Å². The predicted octanol–water partition coefficient (Wildman–Crippen LogP) is 4.42. The summed E-state index contributed by atoms with van der Waals surface area (Å²) in [6.45, 7) is 0.622. The molecule has 1 aliphatic rings. The van der Waals surface area contributed by atoms with E-state index in [0.717, 1.165) is 28.2 Å². The lowest BCUT2D eigenvalue weighted by Crippen LogP contribution is -2.46. The van der Waals surface area contributed by atoms with E-state index in [9.17, 15) is 9.18 Å². The molecule has 5 rings (SSSR count). The van der Waals surface area contributed by atoms with E-state index in [1.54, 1.807) is 29.3 Å². The van der Waals surface area contributed by atoms with Gasteiger partial charge in [-0.05, 0) is 30.7 Å². The fourth-order valence-electron chi connectivity index (χ4n) is 3.72. The van der Waals surface area contributed by atoms with Crippen LogP contribution in [0.3, 0.4) is 0 Å². The maximum absolute atomic E-state index is 14.2. The fraction of sp³-hybridized carbons (Fsp3) is 0.190. The van der Waals surface area contributed by atoms with Gasteiger partial charge >= 0.3 is 0 Å². The van der Waals surface area contributed by atoms with Gasteiger partial charge in [0.25, 0.3) is 5.91 Å². The molecule has 4 aromatic rings. The number of nitrogens with zero attached hydrogens (tertiary/aromatic N) is 4. The number of thiazole rings is 1. The minimum atomic E-state index is -0.267. The molecule has 28 heavy (non-hydrogen) atoms. The number of carbonyl (C=O) groups is 1. The number of amides is 1. The van der Waals surface area contributed by atoms with Crippen LogP contribution in [0.2, 0.25) is 0 Å². The number of fused-ring (bicyclic) bond motifs is 1. The first-order valence-electron chi connectivity index (χ1n) is 9.05. The Morgan fingerprint density at radius 2 is 2.11 bits per heavy atom. The Bertz CT molecular complexity index is 1180. The first-order valence-corrected chi connectivity index (χ1v) is 9.93. The van der Waals surface area contributed by atoms with Gasteiger partial charge in [-0.3, -0.25) is 4.79 Å². The highest BCUT2D eigenvalue weighted by molar-refractivity contribution is 7.13. The Morgan fingerprint density at radius 3 is 2.82 bits per heavy atom. The van der Waals surface area contributed by atoms with Crippen molar-refractivity contribution < 1.29 is 9.18 Å². The smallest absolute Gasteiger partial charge is 0.271 e. The summed E-state index contributed by atoms with van der Waals surface area (Å²) in [5, 5.41) is 3.65. The van der Waals surface area contributed by atoms with Crippen LogP contribution in [0.25, 0.3) is 21.7 Å². The summed E-state index contributed by atoms with van der Waals surface area (Å²) in [5.74, 6) is -0.368. The van der Waals surface area contributed by atoms with Crippen LogP contribution in [0, 0.1) is 5.82 Å². The summed E-state index contributed by atoms with van der Waals surface area (Å²) >= 11 is 1.53. The van der Waals surface area contributed by atoms with Crippen molar-refractivity contribution in [3.8, 4) is 10.7 Å². The van der Waals surface area contributed by atoms with Crippen molar-refractivity contribution in [2.24, 2.45) is 7.05 Å². The van der Waals surface area contributed by atoms with Crippen LogP contribution in [0.1, 0.15) is 28.5 Å². The Hall–Kier alpha value is -3.06. The monoisotopic (exact) mass is 392 g/mol. The molecule has 0 unspecified atom stereocenters. The van der Waals surface area contributed by atoms with E-state index in [1.807, 2.05) is 35.2 Å². The zero-order valence-corrected chi connectivity index (χ0v) is 16.0. The molecule has 0 spiro atoms. The number of pyridine rings is 1. The van der Waals surface area contributed by atoms with Crippen LogP contribution in [-0.2, 0) is 7.05 Å². The molecule has 7 heteroatoms. The number of aromatic nitrogens is 3. The first kappa shape index (κ1) is 17.1. The summed E-state index contributed by atoms with van der Waals surface area (Å²) in [6, 6.07) is 12.2. The molecule has 0 N–H and O–H groups in total. The summed E-state index contributed by atoms with van der Waals surface area (Å²) in [5.41, 5.74) is 2.65.